The molecule has 1 saturated heterocycles. The van der Waals surface area contributed by atoms with Crippen LogP contribution in [0.15, 0.2) is 173 Å². The molecule has 0 bridgehead atoms. The number of thiazole rings is 1. The number of carbonyl (C=O) groups excluding carboxylic acids is 4. The summed E-state index contributed by atoms with van der Waals surface area (Å²) < 4.78 is 11.9. The Balaban J connectivity index is 1.10. The Bertz CT molecular complexity index is 2680. The molecule has 15 heteroatoms. The largest absolute Gasteiger partial charge is 0.457 e. The lowest BCUT2D eigenvalue weighted by Gasteiger charge is -2.49. The molecule has 12 nitrogen and oxygen atoms in total. The number of anilines is 1. The lowest BCUT2D eigenvalue weighted by molar-refractivity contribution is -0.179. The van der Waals surface area contributed by atoms with Crippen molar-refractivity contribution in [1.82, 2.24) is 15.2 Å². The first-order valence-corrected chi connectivity index (χ1v) is 25.0. The first-order chi connectivity index (χ1) is 32.7. The quantitative estimate of drug-likeness (QED) is 0.0240. The van der Waals surface area contributed by atoms with Crippen molar-refractivity contribution in [2.24, 2.45) is 5.16 Å². The molecule has 0 spiro atoms. The van der Waals surface area contributed by atoms with Crippen molar-refractivity contribution in [3.05, 3.63) is 202 Å². The summed E-state index contributed by atoms with van der Waals surface area (Å²) in [4.78, 5) is 68.7. The first-order valence-electron chi connectivity index (χ1n) is 21.9. The number of esters is 2. The second-order valence-electron chi connectivity index (χ2n) is 17.6. The molecule has 2 atom stereocenters. The molecule has 0 aliphatic carbocycles. The molecule has 3 heterocycles. The van der Waals surface area contributed by atoms with Gasteiger partial charge in [0.2, 0.25) is 5.60 Å². The monoisotopic (exact) mass is 1010 g/mol. The summed E-state index contributed by atoms with van der Waals surface area (Å²) >= 11 is 6.18. The highest BCUT2D eigenvalue weighted by Gasteiger charge is 2.55. The van der Waals surface area contributed by atoms with Gasteiger partial charge in [-0.3, -0.25) is 14.5 Å². The molecular weight excluding hydrogens is 963 g/mol. The molecule has 6 aromatic rings. The summed E-state index contributed by atoms with van der Waals surface area (Å²) in [5.41, 5.74) is 1.61. The van der Waals surface area contributed by atoms with E-state index in [1.54, 1.807) is 26.2 Å². The van der Waals surface area contributed by atoms with Crippen molar-refractivity contribution >= 4 is 73.6 Å². The van der Waals surface area contributed by atoms with E-state index in [1.807, 2.05) is 152 Å². The molecule has 2 amide bonds. The molecule has 1 fully saturated rings. The van der Waals surface area contributed by atoms with Gasteiger partial charge in [0.25, 0.3) is 11.8 Å². The Morgan fingerprint density at radius 2 is 1.28 bits per heavy atom. The molecule has 68 heavy (non-hydrogen) atoms. The number of hydrogen-bond acceptors (Lipinski definition) is 12. The van der Waals surface area contributed by atoms with Crippen molar-refractivity contribution in [1.29, 1.82) is 0 Å². The van der Waals surface area contributed by atoms with Crippen LogP contribution < -0.4 is 10.6 Å². The van der Waals surface area contributed by atoms with Gasteiger partial charge in [-0.15, -0.1) is 23.1 Å². The van der Waals surface area contributed by atoms with Crippen molar-refractivity contribution in [3.63, 3.8) is 0 Å². The molecule has 0 saturated carbocycles. The molecule has 0 radical (unpaired) electrons. The average molecular weight is 1010 g/mol. The number of hydrogen-bond donors (Lipinski definition) is 2. The zero-order valence-electron chi connectivity index (χ0n) is 38.1. The Labute approximate surface area is 412 Å². The number of alkyl halides is 1. The summed E-state index contributed by atoms with van der Waals surface area (Å²) in [6.07, 6.45) is -0.742. The normalized spacial score (nSPS) is 16.4. The van der Waals surface area contributed by atoms with E-state index in [0.29, 0.717) is 21.8 Å². The van der Waals surface area contributed by atoms with Gasteiger partial charge in [-0.25, -0.2) is 14.6 Å². The molecule has 8 rings (SSSR count). The topological polar surface area (TPSA) is 149 Å². The summed E-state index contributed by atoms with van der Waals surface area (Å²) in [7, 11) is 0. The molecule has 2 aliphatic heterocycles. The number of oxime groups is 1. The number of thioether (sulfide) groups is 1. The third-order valence-electron chi connectivity index (χ3n) is 11.3. The van der Waals surface area contributed by atoms with Crippen LogP contribution in [0.2, 0.25) is 0 Å². The average Bonchev–Trinajstić information content (AvgIpc) is 3.82. The molecule has 348 valence electrons. The van der Waals surface area contributed by atoms with Gasteiger partial charge in [-0.2, -0.15) is 0 Å². The van der Waals surface area contributed by atoms with Gasteiger partial charge in [0.15, 0.2) is 16.9 Å². The van der Waals surface area contributed by atoms with E-state index in [4.69, 9.17) is 19.3 Å². The van der Waals surface area contributed by atoms with E-state index in [0.717, 1.165) is 27.8 Å². The fraction of sp³-hybridized carbons (Fsp3) is 0.245. The summed E-state index contributed by atoms with van der Waals surface area (Å²) in [5.74, 6) is -2.27. The van der Waals surface area contributed by atoms with E-state index in [2.05, 4.69) is 31.7 Å². The van der Waals surface area contributed by atoms with Crippen LogP contribution in [0.25, 0.3) is 0 Å². The van der Waals surface area contributed by atoms with Crippen molar-refractivity contribution in [2.75, 3.05) is 16.4 Å². The van der Waals surface area contributed by atoms with Gasteiger partial charge in [-0.1, -0.05) is 173 Å². The Kier molecular flexibility index (Phi) is 14.3. The lowest BCUT2D eigenvalue weighted by Crippen LogP contribution is -2.71. The number of nitrogens with one attached hydrogen (secondary N) is 2. The summed E-state index contributed by atoms with van der Waals surface area (Å²) in [6.45, 7) is 8.19. The van der Waals surface area contributed by atoms with E-state index >= 15 is 0 Å². The zero-order valence-corrected chi connectivity index (χ0v) is 41.3. The molecule has 2 aliphatic rings. The number of halogens is 1. The minimum Gasteiger partial charge on any atom is -0.457 e. The number of ether oxygens (including phenoxy) is 2. The Morgan fingerprint density at radius 1 is 0.779 bits per heavy atom. The highest BCUT2D eigenvalue weighted by Crippen LogP contribution is 2.43. The predicted octanol–water partition coefficient (Wildman–Crippen LogP) is 9.77. The standard InChI is InChI=1S/C53H50BrN5O7S2/c1-51(2,3)65-49(63)52(4,5)66-58-41(40-33-68-50(55-40)57-53(37-25-15-8-16-26-37,38-27-17-9-18-28-38)39-29-19-10-20-30-39)45(60)56-42-46(61)59-43(36(31-54)32-67-47(42)59)48(62)64-44(34-21-11-6-12-22-34)35-23-13-7-14-24-35/h6-30,33,42,44,47H,31-32H2,1-5H3,(H,55,57)(H,56,60)/t42-,47-/m1/s1. The minimum absolute atomic E-state index is 0.122. The van der Waals surface area contributed by atoms with E-state index in [-0.39, 0.29) is 17.1 Å². The van der Waals surface area contributed by atoms with Crippen molar-refractivity contribution in [2.45, 2.75) is 68.9 Å². The number of nitrogens with zero attached hydrogens (tertiary/aromatic N) is 3. The van der Waals surface area contributed by atoms with Gasteiger partial charge >= 0.3 is 11.9 Å². The van der Waals surface area contributed by atoms with Gasteiger partial charge < -0.3 is 24.9 Å². The van der Waals surface area contributed by atoms with Gasteiger partial charge in [-0.05, 0) is 68.0 Å². The maximum atomic E-state index is 14.7. The first kappa shape index (κ1) is 47.9. The zero-order chi connectivity index (χ0) is 48.1. The van der Waals surface area contributed by atoms with Crippen molar-refractivity contribution < 1.29 is 33.5 Å². The van der Waals surface area contributed by atoms with Crippen LogP contribution in [0.1, 0.15) is 74.2 Å². The fourth-order valence-electron chi connectivity index (χ4n) is 7.92. The van der Waals surface area contributed by atoms with Gasteiger partial charge in [0, 0.05) is 16.5 Å². The third kappa shape index (κ3) is 10.2. The number of β-lactam (4-membered cyclic amide) rings is 1. The van der Waals surface area contributed by atoms with Crippen LogP contribution in [0.5, 0.6) is 0 Å². The molecule has 1 aromatic heterocycles. The highest BCUT2D eigenvalue weighted by molar-refractivity contribution is 9.09. The SMILES string of the molecule is CC(C)(C)OC(=O)C(C)(C)ON=C(C(=O)N[C@@H]1C(=O)N2C(C(=O)OC(c3ccccc3)c3ccccc3)=C(CBr)CS[C@H]12)c1csc(NC(c2ccccc2)(c2ccccc2)c2ccccc2)n1. The van der Waals surface area contributed by atoms with Crippen LogP contribution >= 0.6 is 39.0 Å². The summed E-state index contributed by atoms with van der Waals surface area (Å²) in [6, 6.07) is 47.8. The predicted molar refractivity (Wildman–Crippen MR) is 269 cm³/mol. The minimum atomic E-state index is -1.63. The Hall–Kier alpha value is -6.55. The van der Waals surface area contributed by atoms with E-state index < -0.39 is 58.0 Å². The van der Waals surface area contributed by atoms with Crippen LogP contribution in [0.3, 0.4) is 0 Å². The Morgan fingerprint density at radius 3 is 1.76 bits per heavy atom. The molecular formula is C53H50BrN5O7S2. The number of carbonyl (C=O) groups is 4. The summed E-state index contributed by atoms with van der Waals surface area (Å²) in [5, 5.41) is 12.7. The number of aromatic nitrogens is 1. The number of amides is 2. The van der Waals surface area contributed by atoms with Crippen LogP contribution in [-0.4, -0.2) is 73.0 Å². The second-order valence-corrected chi connectivity index (χ2v) is 20.1. The lowest BCUT2D eigenvalue weighted by atomic mass is 9.77. The van der Waals surface area contributed by atoms with E-state index in [1.165, 1.54) is 41.8 Å². The van der Waals surface area contributed by atoms with Crippen molar-refractivity contribution in [3.8, 4) is 0 Å². The maximum absolute atomic E-state index is 14.7. The van der Waals surface area contributed by atoms with E-state index in [9.17, 15) is 19.2 Å². The number of rotatable bonds is 16. The van der Waals surface area contributed by atoms with Crippen LogP contribution in [0, 0.1) is 0 Å². The molecule has 0 unspecified atom stereocenters. The smallest absolute Gasteiger partial charge is 0.356 e. The number of fused-ring (bicyclic) bond motifs is 1. The van der Waals surface area contributed by atoms with Gasteiger partial charge in [0.1, 0.15) is 33.9 Å². The van der Waals surface area contributed by atoms with Crippen LogP contribution in [-0.2, 0) is 39.0 Å². The molecule has 5 aromatic carbocycles. The third-order valence-corrected chi connectivity index (χ3v) is 14.0. The van der Waals surface area contributed by atoms with Gasteiger partial charge in [0.05, 0.1) is 0 Å². The number of benzene rings is 5. The maximum Gasteiger partial charge on any atom is 0.356 e. The van der Waals surface area contributed by atoms with Crippen LogP contribution in [0.4, 0.5) is 5.13 Å². The highest BCUT2D eigenvalue weighted by atomic mass is 79.9. The fourth-order valence-corrected chi connectivity index (χ4v) is 10.7. The second kappa shape index (κ2) is 20.4. The molecule has 2 N–H and O–H groups in total.